The summed E-state index contributed by atoms with van der Waals surface area (Å²) in [5.41, 5.74) is 2.62. The number of carbonyl (C=O) groups excluding carboxylic acids is 1. The Morgan fingerprint density at radius 2 is 2.33 bits per heavy atom. The number of hydrogen-bond donors (Lipinski definition) is 2. The third-order valence-corrected chi connectivity index (χ3v) is 4.25. The Hall–Kier alpha value is -1.46. The molecule has 0 saturated heterocycles. The van der Waals surface area contributed by atoms with Crippen molar-refractivity contribution in [2.75, 3.05) is 6.54 Å². The number of nitrogens with zero attached hydrogens (tertiary/aromatic N) is 1. The highest BCUT2D eigenvalue weighted by Gasteiger charge is 2.34. The van der Waals surface area contributed by atoms with Crippen molar-refractivity contribution in [2.24, 2.45) is 0 Å². The van der Waals surface area contributed by atoms with Crippen molar-refractivity contribution in [1.82, 2.24) is 10.3 Å². The van der Waals surface area contributed by atoms with Gasteiger partial charge in [-0.25, -0.2) is 4.98 Å². The molecule has 0 bridgehead atoms. The molecule has 1 amide bonds. The summed E-state index contributed by atoms with van der Waals surface area (Å²) in [4.78, 5) is 16.1. The zero-order valence-electron chi connectivity index (χ0n) is 9.85. The van der Waals surface area contributed by atoms with E-state index >= 15 is 0 Å². The molecule has 2 aromatic rings. The average molecular weight is 262 g/mol. The summed E-state index contributed by atoms with van der Waals surface area (Å²) >= 11 is 1.52. The van der Waals surface area contributed by atoms with Crippen LogP contribution in [-0.2, 0) is 0 Å². The molecule has 4 nitrogen and oxygen atoms in total. The van der Waals surface area contributed by atoms with Gasteiger partial charge in [0.25, 0.3) is 5.91 Å². The highest BCUT2D eigenvalue weighted by molar-refractivity contribution is 7.16. The van der Waals surface area contributed by atoms with E-state index in [0.717, 1.165) is 29.5 Å². The van der Waals surface area contributed by atoms with E-state index in [4.69, 9.17) is 0 Å². The molecule has 1 aromatic carbocycles. The number of nitrogens with one attached hydrogen (secondary N) is 1. The molecule has 1 aliphatic carbocycles. The molecule has 18 heavy (non-hydrogen) atoms. The first-order valence-corrected chi connectivity index (χ1v) is 6.88. The van der Waals surface area contributed by atoms with Crippen LogP contribution in [0.2, 0.25) is 0 Å². The molecule has 2 N–H and O–H groups in total. The maximum atomic E-state index is 12.0. The van der Waals surface area contributed by atoms with Gasteiger partial charge in [0.05, 0.1) is 21.3 Å². The molecule has 0 atom stereocenters. The van der Waals surface area contributed by atoms with Gasteiger partial charge in [-0.15, -0.1) is 11.3 Å². The smallest absolute Gasteiger partial charge is 0.251 e. The Balaban J connectivity index is 1.71. The number of aromatic nitrogens is 1. The van der Waals surface area contributed by atoms with Crippen LogP contribution in [-0.4, -0.2) is 28.1 Å². The van der Waals surface area contributed by atoms with Gasteiger partial charge in [0, 0.05) is 12.1 Å². The van der Waals surface area contributed by atoms with Crippen LogP contribution in [0.15, 0.2) is 23.7 Å². The van der Waals surface area contributed by atoms with Crippen molar-refractivity contribution in [3.8, 4) is 0 Å². The molecule has 0 radical (unpaired) electrons. The second-order valence-electron chi connectivity index (χ2n) is 4.80. The van der Waals surface area contributed by atoms with Gasteiger partial charge in [-0.1, -0.05) is 0 Å². The van der Waals surface area contributed by atoms with Gasteiger partial charge in [0.1, 0.15) is 0 Å². The zero-order chi connectivity index (χ0) is 12.6. The molecule has 0 spiro atoms. The van der Waals surface area contributed by atoms with Gasteiger partial charge in [-0.05, 0) is 37.5 Å². The number of thiazole rings is 1. The Bertz CT molecular complexity index is 589. The summed E-state index contributed by atoms with van der Waals surface area (Å²) in [5, 5.41) is 12.7. The van der Waals surface area contributed by atoms with Gasteiger partial charge in [-0.2, -0.15) is 0 Å². The SMILES string of the molecule is O=C(NCC1(O)CCC1)c1ccc2ncsc2c1. The Morgan fingerprint density at radius 1 is 1.50 bits per heavy atom. The van der Waals surface area contributed by atoms with Crippen LogP contribution in [0.4, 0.5) is 0 Å². The Morgan fingerprint density at radius 3 is 3.06 bits per heavy atom. The number of aliphatic hydroxyl groups is 1. The molecule has 0 aliphatic heterocycles. The van der Waals surface area contributed by atoms with E-state index in [1.165, 1.54) is 11.3 Å². The Labute approximate surface area is 109 Å². The van der Waals surface area contributed by atoms with E-state index in [0.29, 0.717) is 12.1 Å². The zero-order valence-corrected chi connectivity index (χ0v) is 10.7. The van der Waals surface area contributed by atoms with Crippen LogP contribution in [0.25, 0.3) is 10.2 Å². The summed E-state index contributed by atoms with van der Waals surface area (Å²) < 4.78 is 1.00. The molecule has 1 heterocycles. The first-order chi connectivity index (χ1) is 8.66. The van der Waals surface area contributed by atoms with Gasteiger partial charge in [-0.3, -0.25) is 4.79 Å². The quantitative estimate of drug-likeness (QED) is 0.888. The highest BCUT2D eigenvalue weighted by atomic mass is 32.1. The van der Waals surface area contributed by atoms with Gasteiger partial charge < -0.3 is 10.4 Å². The topological polar surface area (TPSA) is 62.2 Å². The summed E-state index contributed by atoms with van der Waals surface area (Å²) in [6.07, 6.45) is 2.60. The number of rotatable bonds is 3. The predicted octanol–water partition coefficient (Wildman–Crippen LogP) is 1.94. The lowest BCUT2D eigenvalue weighted by atomic mass is 9.80. The molecule has 1 aliphatic rings. The van der Waals surface area contributed by atoms with Crippen molar-refractivity contribution in [2.45, 2.75) is 24.9 Å². The lowest BCUT2D eigenvalue weighted by molar-refractivity contribution is -0.0300. The molecule has 1 saturated carbocycles. The van der Waals surface area contributed by atoms with Crippen LogP contribution in [0.1, 0.15) is 29.6 Å². The summed E-state index contributed by atoms with van der Waals surface area (Å²) in [6.45, 7) is 0.340. The van der Waals surface area contributed by atoms with Crippen molar-refractivity contribution in [3.63, 3.8) is 0 Å². The third kappa shape index (κ3) is 2.11. The average Bonchev–Trinajstić information content (AvgIpc) is 2.80. The van der Waals surface area contributed by atoms with E-state index < -0.39 is 5.60 Å². The van der Waals surface area contributed by atoms with Crippen LogP contribution < -0.4 is 5.32 Å². The number of benzene rings is 1. The molecule has 94 valence electrons. The van der Waals surface area contributed by atoms with Gasteiger partial charge in [0.15, 0.2) is 0 Å². The normalized spacial score (nSPS) is 17.4. The first kappa shape index (κ1) is 11.6. The minimum absolute atomic E-state index is 0.134. The minimum atomic E-state index is -0.676. The fraction of sp³-hybridized carbons (Fsp3) is 0.385. The number of amides is 1. The molecule has 3 rings (SSSR count). The molecule has 0 unspecified atom stereocenters. The first-order valence-electron chi connectivity index (χ1n) is 6.00. The fourth-order valence-corrected chi connectivity index (χ4v) is 2.82. The van der Waals surface area contributed by atoms with E-state index in [1.807, 2.05) is 12.1 Å². The highest BCUT2D eigenvalue weighted by Crippen LogP contribution is 2.30. The lowest BCUT2D eigenvalue weighted by Crippen LogP contribution is -2.47. The van der Waals surface area contributed by atoms with Crippen molar-refractivity contribution >= 4 is 27.5 Å². The van der Waals surface area contributed by atoms with E-state index in [2.05, 4.69) is 10.3 Å². The van der Waals surface area contributed by atoms with E-state index in [-0.39, 0.29) is 5.91 Å². The second-order valence-corrected chi connectivity index (χ2v) is 5.68. The summed E-state index contributed by atoms with van der Waals surface area (Å²) in [6, 6.07) is 5.45. The van der Waals surface area contributed by atoms with Crippen molar-refractivity contribution in [3.05, 3.63) is 29.3 Å². The van der Waals surface area contributed by atoms with Crippen LogP contribution in [0.5, 0.6) is 0 Å². The monoisotopic (exact) mass is 262 g/mol. The Kier molecular flexibility index (Phi) is 2.80. The molecule has 5 heteroatoms. The number of fused-ring (bicyclic) bond motifs is 1. The number of carbonyl (C=O) groups is 1. The summed E-state index contributed by atoms with van der Waals surface area (Å²) in [7, 11) is 0. The fourth-order valence-electron chi connectivity index (χ4n) is 2.10. The summed E-state index contributed by atoms with van der Waals surface area (Å²) in [5.74, 6) is -0.134. The third-order valence-electron chi connectivity index (χ3n) is 3.46. The number of hydrogen-bond acceptors (Lipinski definition) is 4. The van der Waals surface area contributed by atoms with E-state index in [1.54, 1.807) is 11.6 Å². The standard InChI is InChI=1S/C13H14N2O2S/c16-12(14-7-13(17)4-1-5-13)9-2-3-10-11(6-9)18-8-15-10/h2-3,6,8,17H,1,4-5,7H2,(H,14,16). The van der Waals surface area contributed by atoms with Crippen molar-refractivity contribution < 1.29 is 9.90 Å². The van der Waals surface area contributed by atoms with Gasteiger partial charge in [0.2, 0.25) is 0 Å². The van der Waals surface area contributed by atoms with Gasteiger partial charge >= 0.3 is 0 Å². The predicted molar refractivity (Wildman–Crippen MR) is 70.8 cm³/mol. The van der Waals surface area contributed by atoms with Crippen molar-refractivity contribution in [1.29, 1.82) is 0 Å². The maximum Gasteiger partial charge on any atom is 0.251 e. The molecule has 1 aromatic heterocycles. The molecular weight excluding hydrogens is 248 g/mol. The van der Waals surface area contributed by atoms with E-state index in [9.17, 15) is 9.90 Å². The second kappa shape index (κ2) is 4.33. The minimum Gasteiger partial charge on any atom is -0.388 e. The lowest BCUT2D eigenvalue weighted by Gasteiger charge is -2.36. The van der Waals surface area contributed by atoms with Crippen LogP contribution in [0, 0.1) is 0 Å². The van der Waals surface area contributed by atoms with Crippen LogP contribution in [0.3, 0.4) is 0 Å². The molecular formula is C13H14N2O2S. The molecule has 1 fully saturated rings. The van der Waals surface area contributed by atoms with Crippen LogP contribution >= 0.6 is 11.3 Å². The maximum absolute atomic E-state index is 12.0. The largest absolute Gasteiger partial charge is 0.388 e.